The molecule has 1 heterocycles. The van der Waals surface area contributed by atoms with Gasteiger partial charge in [0.1, 0.15) is 0 Å². The lowest BCUT2D eigenvalue weighted by molar-refractivity contribution is 0.0697. The van der Waals surface area contributed by atoms with E-state index < -0.39 is 5.97 Å². The third-order valence-electron chi connectivity index (χ3n) is 2.94. The molecule has 0 saturated carbocycles. The zero-order chi connectivity index (χ0) is 13.7. The largest absolute Gasteiger partial charge is 0.478 e. The van der Waals surface area contributed by atoms with Gasteiger partial charge in [0.05, 0.1) is 11.3 Å². The van der Waals surface area contributed by atoms with Gasteiger partial charge in [0.2, 0.25) is 0 Å². The molecule has 2 N–H and O–H groups in total. The summed E-state index contributed by atoms with van der Waals surface area (Å²) in [7, 11) is 0. The third kappa shape index (κ3) is 3.63. The van der Waals surface area contributed by atoms with Crippen LogP contribution in [0.15, 0.2) is 48.7 Å². The summed E-state index contributed by atoms with van der Waals surface area (Å²) in [6, 6.07) is 12.9. The number of aromatic nitrogens is 1. The minimum atomic E-state index is -0.902. The van der Waals surface area contributed by atoms with Crippen LogP contribution in [0.3, 0.4) is 0 Å². The molecule has 19 heavy (non-hydrogen) atoms. The van der Waals surface area contributed by atoms with Gasteiger partial charge < -0.3 is 10.4 Å². The molecule has 0 unspecified atom stereocenters. The number of carboxylic acid groups (broad SMARTS) is 1. The monoisotopic (exact) mass is 256 g/mol. The van der Waals surface area contributed by atoms with Crippen LogP contribution < -0.4 is 5.32 Å². The minimum absolute atomic E-state index is 0.153. The normalized spacial score (nSPS) is 12.1. The van der Waals surface area contributed by atoms with Gasteiger partial charge in [0.15, 0.2) is 0 Å². The maximum atomic E-state index is 10.7. The Labute approximate surface area is 112 Å². The molecule has 0 bridgehead atoms. The summed E-state index contributed by atoms with van der Waals surface area (Å²) in [5.74, 6) is -0.902. The topological polar surface area (TPSA) is 62.2 Å². The van der Waals surface area contributed by atoms with Crippen LogP contribution in [0.5, 0.6) is 0 Å². The van der Waals surface area contributed by atoms with Crippen molar-refractivity contribution in [3.8, 4) is 0 Å². The summed E-state index contributed by atoms with van der Waals surface area (Å²) in [5.41, 5.74) is 2.35. The minimum Gasteiger partial charge on any atom is -0.478 e. The first-order valence-corrected chi connectivity index (χ1v) is 6.13. The number of hydrogen-bond donors (Lipinski definition) is 2. The van der Waals surface area contributed by atoms with E-state index >= 15 is 0 Å². The Morgan fingerprint density at radius 1 is 1.26 bits per heavy atom. The quantitative estimate of drug-likeness (QED) is 0.863. The van der Waals surface area contributed by atoms with E-state index in [1.165, 1.54) is 0 Å². The summed E-state index contributed by atoms with van der Waals surface area (Å²) in [6.45, 7) is 2.73. The highest BCUT2D eigenvalue weighted by atomic mass is 16.4. The Kier molecular flexibility index (Phi) is 4.26. The molecule has 98 valence electrons. The zero-order valence-electron chi connectivity index (χ0n) is 10.7. The Balaban J connectivity index is 1.93. The molecule has 0 saturated heterocycles. The first kappa shape index (κ1) is 13.2. The highest BCUT2D eigenvalue weighted by molar-refractivity contribution is 5.87. The summed E-state index contributed by atoms with van der Waals surface area (Å²) >= 11 is 0. The third-order valence-corrected chi connectivity index (χ3v) is 2.94. The molecule has 4 heteroatoms. The molecule has 0 aliphatic heterocycles. The second-order valence-corrected chi connectivity index (χ2v) is 4.36. The van der Waals surface area contributed by atoms with Crippen LogP contribution in [0.1, 0.15) is 34.6 Å². The summed E-state index contributed by atoms with van der Waals surface area (Å²) in [6.07, 6.45) is 1.77. The first-order chi connectivity index (χ1) is 9.16. The van der Waals surface area contributed by atoms with Crippen LogP contribution in [-0.2, 0) is 6.54 Å². The number of pyridine rings is 1. The van der Waals surface area contributed by atoms with Crippen LogP contribution >= 0.6 is 0 Å². The number of hydrogen-bond acceptors (Lipinski definition) is 3. The van der Waals surface area contributed by atoms with E-state index in [2.05, 4.69) is 10.3 Å². The fraction of sp³-hybridized carbons (Fsp3) is 0.200. The van der Waals surface area contributed by atoms with Crippen LogP contribution in [0, 0.1) is 0 Å². The van der Waals surface area contributed by atoms with E-state index in [9.17, 15) is 4.79 Å². The lowest BCUT2D eigenvalue weighted by Crippen LogP contribution is -2.19. The van der Waals surface area contributed by atoms with Crippen LogP contribution in [-0.4, -0.2) is 16.1 Å². The van der Waals surface area contributed by atoms with Gasteiger partial charge in [0, 0.05) is 18.8 Å². The SMILES string of the molecule is C[C@H](NCc1ccc(C(=O)O)cc1)c1ccccn1. The zero-order valence-corrected chi connectivity index (χ0v) is 10.7. The molecule has 0 aliphatic carbocycles. The number of nitrogens with zero attached hydrogens (tertiary/aromatic N) is 1. The lowest BCUT2D eigenvalue weighted by atomic mass is 10.1. The first-order valence-electron chi connectivity index (χ1n) is 6.13. The molecule has 2 rings (SSSR count). The number of benzene rings is 1. The van der Waals surface area contributed by atoms with Gasteiger partial charge in [-0.3, -0.25) is 4.98 Å². The van der Waals surface area contributed by atoms with Gasteiger partial charge in [-0.25, -0.2) is 4.79 Å². The molecule has 1 atom stereocenters. The second-order valence-electron chi connectivity index (χ2n) is 4.36. The predicted octanol–water partition coefficient (Wildman–Crippen LogP) is 2.63. The highest BCUT2D eigenvalue weighted by Crippen LogP contribution is 2.10. The van der Waals surface area contributed by atoms with Crippen LogP contribution in [0.2, 0.25) is 0 Å². The number of aromatic carboxylic acids is 1. The van der Waals surface area contributed by atoms with Crippen molar-refractivity contribution in [2.75, 3.05) is 0 Å². The Morgan fingerprint density at radius 2 is 2.00 bits per heavy atom. The molecule has 0 amide bonds. The average molecular weight is 256 g/mol. The number of nitrogens with one attached hydrogen (secondary N) is 1. The van der Waals surface area contributed by atoms with Crippen LogP contribution in [0.25, 0.3) is 0 Å². The Hall–Kier alpha value is -2.20. The smallest absolute Gasteiger partial charge is 0.335 e. The second kappa shape index (κ2) is 6.11. The van der Waals surface area contributed by atoms with Crippen molar-refractivity contribution in [3.63, 3.8) is 0 Å². The molecule has 1 aromatic heterocycles. The maximum absolute atomic E-state index is 10.7. The highest BCUT2D eigenvalue weighted by Gasteiger charge is 2.06. The number of rotatable bonds is 5. The van der Waals surface area contributed by atoms with E-state index in [0.717, 1.165) is 11.3 Å². The molecule has 2 aromatic rings. The predicted molar refractivity (Wildman–Crippen MR) is 72.9 cm³/mol. The fourth-order valence-electron chi connectivity index (χ4n) is 1.77. The van der Waals surface area contributed by atoms with Gasteiger partial charge in [0.25, 0.3) is 0 Å². The molecule has 1 aromatic carbocycles. The van der Waals surface area contributed by atoms with Crippen molar-refractivity contribution in [2.45, 2.75) is 19.5 Å². The molecular formula is C15H16N2O2. The van der Waals surface area contributed by atoms with E-state index in [-0.39, 0.29) is 6.04 Å². The molecule has 0 aliphatic rings. The van der Waals surface area contributed by atoms with E-state index in [4.69, 9.17) is 5.11 Å². The molecular weight excluding hydrogens is 240 g/mol. The molecule has 0 fully saturated rings. The number of carboxylic acids is 1. The molecule has 0 radical (unpaired) electrons. The van der Waals surface area contributed by atoms with Crippen molar-refractivity contribution in [1.29, 1.82) is 0 Å². The average Bonchev–Trinajstić information content (AvgIpc) is 2.46. The summed E-state index contributed by atoms with van der Waals surface area (Å²) < 4.78 is 0. The van der Waals surface area contributed by atoms with Crippen molar-refractivity contribution in [3.05, 3.63) is 65.5 Å². The van der Waals surface area contributed by atoms with E-state index in [1.807, 2.05) is 37.3 Å². The lowest BCUT2D eigenvalue weighted by Gasteiger charge is -2.13. The number of carbonyl (C=O) groups is 1. The van der Waals surface area contributed by atoms with Crippen molar-refractivity contribution >= 4 is 5.97 Å². The summed E-state index contributed by atoms with van der Waals surface area (Å²) in [5, 5.41) is 12.2. The van der Waals surface area contributed by atoms with E-state index in [0.29, 0.717) is 12.1 Å². The summed E-state index contributed by atoms with van der Waals surface area (Å²) in [4.78, 5) is 15.0. The van der Waals surface area contributed by atoms with Gasteiger partial charge in [-0.05, 0) is 36.8 Å². The Bertz CT molecular complexity index is 538. The fourth-order valence-corrected chi connectivity index (χ4v) is 1.77. The maximum Gasteiger partial charge on any atom is 0.335 e. The van der Waals surface area contributed by atoms with Crippen LogP contribution in [0.4, 0.5) is 0 Å². The molecule has 0 spiro atoms. The standard InChI is InChI=1S/C15H16N2O2/c1-11(14-4-2-3-9-16-14)17-10-12-5-7-13(8-6-12)15(18)19/h2-9,11,17H,10H2,1H3,(H,18,19)/t11-/m0/s1. The van der Waals surface area contributed by atoms with Crippen molar-refractivity contribution in [1.82, 2.24) is 10.3 Å². The van der Waals surface area contributed by atoms with Gasteiger partial charge in [-0.2, -0.15) is 0 Å². The van der Waals surface area contributed by atoms with Gasteiger partial charge in [-0.15, -0.1) is 0 Å². The van der Waals surface area contributed by atoms with E-state index in [1.54, 1.807) is 18.3 Å². The van der Waals surface area contributed by atoms with Crippen molar-refractivity contribution < 1.29 is 9.90 Å². The molecule has 4 nitrogen and oxygen atoms in total. The van der Waals surface area contributed by atoms with Crippen molar-refractivity contribution in [2.24, 2.45) is 0 Å². The van der Waals surface area contributed by atoms with Gasteiger partial charge in [-0.1, -0.05) is 18.2 Å². The van der Waals surface area contributed by atoms with Gasteiger partial charge >= 0.3 is 5.97 Å². The Morgan fingerprint density at radius 3 is 2.58 bits per heavy atom.